The van der Waals surface area contributed by atoms with Gasteiger partial charge >= 0.3 is 5.69 Å². The maximum atomic E-state index is 13.0. The van der Waals surface area contributed by atoms with E-state index in [1.807, 2.05) is 13.8 Å². The summed E-state index contributed by atoms with van der Waals surface area (Å²) >= 11 is 0. The van der Waals surface area contributed by atoms with E-state index in [0.29, 0.717) is 17.2 Å². The van der Waals surface area contributed by atoms with Crippen LogP contribution >= 0.6 is 0 Å². The number of benzene rings is 1. The monoisotopic (exact) mass is 356 g/mol. The molecule has 1 amide bonds. The zero-order chi connectivity index (χ0) is 18.7. The maximum absolute atomic E-state index is 13.0. The lowest BCUT2D eigenvalue weighted by atomic mass is 10.3. The molecule has 0 bridgehead atoms. The molecule has 0 spiro atoms. The van der Waals surface area contributed by atoms with E-state index in [1.165, 1.54) is 22.6 Å². The molecule has 8 heteroatoms. The lowest BCUT2D eigenvalue weighted by Crippen LogP contribution is -2.36. The van der Waals surface area contributed by atoms with Crippen LogP contribution in [-0.4, -0.2) is 33.4 Å². The predicted molar refractivity (Wildman–Crippen MR) is 95.4 cm³/mol. The lowest BCUT2D eigenvalue weighted by Gasteiger charge is -2.09. The lowest BCUT2D eigenvalue weighted by molar-refractivity contribution is -0.122. The van der Waals surface area contributed by atoms with Gasteiger partial charge in [-0.15, -0.1) is 5.10 Å². The number of methoxy groups -OCH3 is 1. The first kappa shape index (κ1) is 17.5. The Morgan fingerprint density at radius 3 is 2.69 bits per heavy atom. The smallest absolute Gasteiger partial charge is 0.351 e. The van der Waals surface area contributed by atoms with Crippen LogP contribution in [0.1, 0.15) is 13.8 Å². The Kier molecular flexibility index (Phi) is 4.92. The minimum atomic E-state index is -0.459. The van der Waals surface area contributed by atoms with E-state index in [-0.39, 0.29) is 24.3 Å². The number of nitrogens with zero attached hydrogens (tertiary/aromatic N) is 3. The Morgan fingerprint density at radius 1 is 1.27 bits per heavy atom. The molecule has 0 atom stereocenters. The molecule has 0 radical (unpaired) electrons. The van der Waals surface area contributed by atoms with Crippen molar-refractivity contribution in [2.24, 2.45) is 0 Å². The van der Waals surface area contributed by atoms with Gasteiger partial charge in [0.05, 0.1) is 13.4 Å². The molecule has 2 aromatic heterocycles. The highest BCUT2D eigenvalue weighted by molar-refractivity contribution is 5.76. The third kappa shape index (κ3) is 3.39. The van der Waals surface area contributed by atoms with Crippen LogP contribution in [0.3, 0.4) is 0 Å². The fourth-order valence-corrected chi connectivity index (χ4v) is 2.60. The normalized spacial score (nSPS) is 10.9. The molecule has 0 aliphatic rings. The van der Waals surface area contributed by atoms with Gasteiger partial charge in [-0.1, -0.05) is 12.1 Å². The number of carbonyl (C=O) groups excluding carboxylic acids is 1. The first-order valence-corrected chi connectivity index (χ1v) is 8.17. The fourth-order valence-electron chi connectivity index (χ4n) is 2.60. The van der Waals surface area contributed by atoms with E-state index in [9.17, 15) is 9.59 Å². The van der Waals surface area contributed by atoms with Crippen LogP contribution in [0.2, 0.25) is 0 Å². The van der Waals surface area contributed by atoms with Crippen LogP contribution in [0.25, 0.3) is 17.3 Å². The third-order valence-electron chi connectivity index (χ3n) is 3.67. The standard InChI is InChI=1S/C18H20N4O4/c1-12(2)19-16(23)11-21-17(15-9-6-10-26-15)20-22(18(21)24)13-7-4-5-8-14(13)25-3/h4-10,12H,11H2,1-3H3,(H,19,23). The van der Waals surface area contributed by atoms with Gasteiger partial charge in [-0.3, -0.25) is 9.36 Å². The number of hydrogen-bond donors (Lipinski definition) is 1. The second kappa shape index (κ2) is 7.30. The molecule has 26 heavy (non-hydrogen) atoms. The van der Waals surface area contributed by atoms with Crippen LogP contribution < -0.4 is 15.7 Å². The Bertz CT molecular complexity index is 954. The summed E-state index contributed by atoms with van der Waals surface area (Å²) in [6.07, 6.45) is 1.49. The van der Waals surface area contributed by atoms with Crippen LogP contribution in [0.4, 0.5) is 0 Å². The topological polar surface area (TPSA) is 91.3 Å². The molecule has 136 valence electrons. The SMILES string of the molecule is COc1ccccc1-n1nc(-c2ccco2)n(CC(=O)NC(C)C)c1=O. The minimum absolute atomic E-state index is 0.0328. The van der Waals surface area contributed by atoms with Crippen molar-refractivity contribution in [3.8, 4) is 23.0 Å². The summed E-state index contributed by atoms with van der Waals surface area (Å²) in [6, 6.07) is 10.4. The van der Waals surface area contributed by atoms with Gasteiger partial charge in [-0.25, -0.2) is 4.79 Å². The molecule has 1 N–H and O–H groups in total. The number of ether oxygens (including phenoxy) is 1. The van der Waals surface area contributed by atoms with Gasteiger partial charge in [0.2, 0.25) is 11.7 Å². The second-order valence-corrected chi connectivity index (χ2v) is 5.98. The zero-order valence-corrected chi connectivity index (χ0v) is 14.8. The summed E-state index contributed by atoms with van der Waals surface area (Å²) in [6.45, 7) is 3.54. The largest absolute Gasteiger partial charge is 0.494 e. The number of carbonyl (C=O) groups is 1. The number of furan rings is 1. The molecular formula is C18H20N4O4. The molecular weight excluding hydrogens is 336 g/mol. The molecule has 0 aliphatic heterocycles. The summed E-state index contributed by atoms with van der Waals surface area (Å²) in [5.41, 5.74) is 0.0237. The fraction of sp³-hybridized carbons (Fsp3) is 0.278. The van der Waals surface area contributed by atoms with Crippen molar-refractivity contribution in [2.45, 2.75) is 26.4 Å². The van der Waals surface area contributed by atoms with Gasteiger partial charge in [-0.05, 0) is 38.1 Å². The van der Waals surface area contributed by atoms with Crippen LogP contribution in [0, 0.1) is 0 Å². The van der Waals surface area contributed by atoms with Crippen molar-refractivity contribution in [3.05, 3.63) is 53.1 Å². The van der Waals surface area contributed by atoms with Crippen molar-refractivity contribution in [1.82, 2.24) is 19.7 Å². The van der Waals surface area contributed by atoms with E-state index >= 15 is 0 Å². The van der Waals surface area contributed by atoms with E-state index in [1.54, 1.807) is 36.4 Å². The molecule has 0 unspecified atom stereocenters. The molecule has 0 aliphatic carbocycles. The van der Waals surface area contributed by atoms with Gasteiger partial charge < -0.3 is 14.5 Å². The summed E-state index contributed by atoms with van der Waals surface area (Å²) in [7, 11) is 1.52. The zero-order valence-electron chi connectivity index (χ0n) is 14.8. The Hall–Kier alpha value is -3.29. The quantitative estimate of drug-likeness (QED) is 0.727. The second-order valence-electron chi connectivity index (χ2n) is 5.98. The molecule has 0 saturated carbocycles. The molecule has 2 heterocycles. The van der Waals surface area contributed by atoms with Crippen molar-refractivity contribution in [2.75, 3.05) is 7.11 Å². The highest BCUT2D eigenvalue weighted by Crippen LogP contribution is 2.22. The molecule has 0 saturated heterocycles. The number of amides is 1. The van der Waals surface area contributed by atoms with Crippen LogP contribution in [-0.2, 0) is 11.3 Å². The molecule has 8 nitrogen and oxygen atoms in total. The highest BCUT2D eigenvalue weighted by Gasteiger charge is 2.21. The first-order chi connectivity index (χ1) is 12.5. The minimum Gasteiger partial charge on any atom is -0.494 e. The average molecular weight is 356 g/mol. The van der Waals surface area contributed by atoms with Gasteiger partial charge in [-0.2, -0.15) is 4.68 Å². The summed E-state index contributed by atoms with van der Waals surface area (Å²) in [4.78, 5) is 25.2. The Balaban J connectivity index is 2.12. The average Bonchev–Trinajstić information content (AvgIpc) is 3.23. The van der Waals surface area contributed by atoms with Crippen LogP contribution in [0.15, 0.2) is 51.9 Å². The number of rotatable bonds is 6. The van der Waals surface area contributed by atoms with Gasteiger partial charge in [0.1, 0.15) is 18.0 Å². The molecule has 3 rings (SSSR count). The summed E-state index contributed by atoms with van der Waals surface area (Å²) in [5, 5.41) is 7.15. The summed E-state index contributed by atoms with van der Waals surface area (Å²) in [5.74, 6) is 0.879. The van der Waals surface area contributed by atoms with Gasteiger partial charge in [0, 0.05) is 6.04 Å². The first-order valence-electron chi connectivity index (χ1n) is 8.17. The highest BCUT2D eigenvalue weighted by atomic mass is 16.5. The van der Waals surface area contributed by atoms with Crippen molar-refractivity contribution in [3.63, 3.8) is 0 Å². The maximum Gasteiger partial charge on any atom is 0.351 e. The predicted octanol–water partition coefficient (Wildman–Crippen LogP) is 1.83. The number of aromatic nitrogens is 3. The van der Waals surface area contributed by atoms with E-state index in [4.69, 9.17) is 9.15 Å². The molecule has 1 aromatic carbocycles. The van der Waals surface area contributed by atoms with Crippen LogP contribution in [0.5, 0.6) is 5.75 Å². The van der Waals surface area contributed by atoms with Crippen molar-refractivity contribution in [1.29, 1.82) is 0 Å². The molecule has 0 fully saturated rings. The van der Waals surface area contributed by atoms with E-state index < -0.39 is 5.69 Å². The number of para-hydroxylation sites is 2. The summed E-state index contributed by atoms with van der Waals surface area (Å²) < 4.78 is 13.2. The number of hydrogen-bond acceptors (Lipinski definition) is 5. The molecule has 3 aromatic rings. The van der Waals surface area contributed by atoms with Crippen molar-refractivity contribution < 1.29 is 13.9 Å². The number of nitrogens with one attached hydrogen (secondary N) is 1. The van der Waals surface area contributed by atoms with Crippen molar-refractivity contribution >= 4 is 5.91 Å². The van der Waals surface area contributed by atoms with Gasteiger partial charge in [0.15, 0.2) is 5.76 Å². The van der Waals surface area contributed by atoms with E-state index in [0.717, 1.165) is 0 Å². The Morgan fingerprint density at radius 2 is 2.04 bits per heavy atom. The Labute approximate surface area is 150 Å². The van der Waals surface area contributed by atoms with E-state index in [2.05, 4.69) is 10.4 Å². The van der Waals surface area contributed by atoms with Gasteiger partial charge in [0.25, 0.3) is 0 Å². The third-order valence-corrected chi connectivity index (χ3v) is 3.67.